The highest BCUT2D eigenvalue weighted by molar-refractivity contribution is 7.90. The van der Waals surface area contributed by atoms with Gasteiger partial charge < -0.3 is 15.4 Å². The van der Waals surface area contributed by atoms with Crippen molar-refractivity contribution in [2.24, 2.45) is 11.3 Å². The Morgan fingerprint density at radius 3 is 2.44 bits per heavy atom. The first-order chi connectivity index (χ1) is 18.1. The quantitative estimate of drug-likeness (QED) is 0.397. The van der Waals surface area contributed by atoms with E-state index in [1.807, 2.05) is 12.1 Å². The van der Waals surface area contributed by atoms with E-state index in [2.05, 4.69) is 56.1 Å². The summed E-state index contributed by atoms with van der Waals surface area (Å²) in [5.41, 5.74) is 7.03. The number of aromatic nitrogens is 2. The fourth-order valence-corrected chi connectivity index (χ4v) is 5.80. The smallest absolute Gasteiger partial charge is 0.268 e. The maximum Gasteiger partial charge on any atom is 0.268 e. The lowest BCUT2D eigenvalue weighted by Crippen LogP contribution is -2.41. The number of carbonyl (C=O) groups is 1. The Kier molecular flexibility index (Phi) is 7.62. The van der Waals surface area contributed by atoms with Crippen LogP contribution in [0.3, 0.4) is 0 Å². The average Bonchev–Trinajstić information content (AvgIpc) is 3.13. The summed E-state index contributed by atoms with van der Waals surface area (Å²) in [6, 6.07) is 14.6. The molecular formula is C29H37N5O4S. The molecular weight excluding hydrogens is 514 g/mol. The van der Waals surface area contributed by atoms with E-state index in [1.165, 1.54) is 18.2 Å². The van der Waals surface area contributed by atoms with Crippen LogP contribution in [0.1, 0.15) is 58.3 Å². The summed E-state index contributed by atoms with van der Waals surface area (Å²) >= 11 is 0. The SMILES string of the molecule is CC1CN(c2nc(-c3cccc(OCC(C)(C)C)n3)ccc2C(=O)NS(=O)(=O)c2cccc(N)c2)C(C)(C)C1. The zero-order valence-electron chi connectivity index (χ0n) is 23.4. The Labute approximate surface area is 230 Å². The molecule has 3 N–H and O–H groups in total. The molecule has 1 aliphatic rings. The van der Waals surface area contributed by atoms with Crippen LogP contribution in [0.4, 0.5) is 11.5 Å². The molecule has 9 nitrogen and oxygen atoms in total. The van der Waals surface area contributed by atoms with E-state index in [0.29, 0.717) is 42.2 Å². The van der Waals surface area contributed by atoms with Gasteiger partial charge in [-0.3, -0.25) is 4.79 Å². The fourth-order valence-electron chi connectivity index (χ4n) is 4.78. The summed E-state index contributed by atoms with van der Waals surface area (Å²) in [5.74, 6) is 0.488. The van der Waals surface area contributed by atoms with E-state index in [1.54, 1.807) is 24.3 Å². The van der Waals surface area contributed by atoms with Crippen LogP contribution in [0.15, 0.2) is 59.5 Å². The van der Waals surface area contributed by atoms with Crippen molar-refractivity contribution in [3.8, 4) is 17.3 Å². The molecule has 2 aromatic heterocycles. The molecule has 0 spiro atoms. The Morgan fingerprint density at radius 2 is 1.79 bits per heavy atom. The predicted octanol–water partition coefficient (Wildman–Crippen LogP) is 4.89. The normalized spacial score (nSPS) is 17.2. The van der Waals surface area contributed by atoms with Crippen LogP contribution in [0.25, 0.3) is 11.4 Å². The zero-order valence-corrected chi connectivity index (χ0v) is 24.2. The number of nitrogens with one attached hydrogen (secondary N) is 1. The predicted molar refractivity (Wildman–Crippen MR) is 153 cm³/mol. The molecule has 10 heteroatoms. The standard InChI is InChI=1S/C29H37N5O4S/c1-19-16-29(5,6)34(17-19)26-22(27(35)33-39(36,37)21-10-7-9-20(30)15-21)13-14-24(32-26)23-11-8-12-25(31-23)38-18-28(2,3)4/h7-15,19H,16-18,30H2,1-6H3,(H,33,35). The highest BCUT2D eigenvalue weighted by Crippen LogP contribution is 2.38. The van der Waals surface area contributed by atoms with Gasteiger partial charge in [0.15, 0.2) is 0 Å². The third kappa shape index (κ3) is 6.68. The van der Waals surface area contributed by atoms with E-state index in [0.717, 1.165) is 6.42 Å². The number of pyridine rings is 2. The number of hydrogen-bond acceptors (Lipinski definition) is 8. The van der Waals surface area contributed by atoms with Gasteiger partial charge in [-0.05, 0) is 68.0 Å². The highest BCUT2D eigenvalue weighted by Gasteiger charge is 2.39. The van der Waals surface area contributed by atoms with Gasteiger partial charge >= 0.3 is 0 Å². The van der Waals surface area contributed by atoms with Crippen LogP contribution in [-0.4, -0.2) is 43.0 Å². The number of sulfonamides is 1. The summed E-state index contributed by atoms with van der Waals surface area (Å²) in [5, 5.41) is 0. The lowest BCUT2D eigenvalue weighted by molar-refractivity contribution is 0.0981. The van der Waals surface area contributed by atoms with Gasteiger partial charge in [-0.25, -0.2) is 23.1 Å². The molecule has 0 saturated carbocycles. The van der Waals surface area contributed by atoms with Crippen molar-refractivity contribution in [2.75, 3.05) is 23.8 Å². The number of anilines is 2. The van der Waals surface area contributed by atoms with Gasteiger partial charge in [0.1, 0.15) is 5.82 Å². The Morgan fingerprint density at radius 1 is 1.10 bits per heavy atom. The second-order valence-corrected chi connectivity index (χ2v) is 13.7. The molecule has 39 heavy (non-hydrogen) atoms. The first kappa shape index (κ1) is 28.4. The van der Waals surface area contributed by atoms with Crippen LogP contribution in [0.5, 0.6) is 5.88 Å². The van der Waals surface area contributed by atoms with E-state index >= 15 is 0 Å². The minimum absolute atomic E-state index is 0.0258. The third-order valence-corrected chi connectivity index (χ3v) is 7.81. The van der Waals surface area contributed by atoms with Gasteiger partial charge in [-0.15, -0.1) is 0 Å². The number of nitrogens with zero attached hydrogens (tertiary/aromatic N) is 3. The minimum atomic E-state index is -4.15. The van der Waals surface area contributed by atoms with Crippen molar-refractivity contribution in [1.82, 2.24) is 14.7 Å². The fraction of sp³-hybridized carbons (Fsp3) is 0.414. The van der Waals surface area contributed by atoms with Gasteiger partial charge in [0, 0.05) is 23.8 Å². The molecule has 1 fully saturated rings. The maximum atomic E-state index is 13.4. The van der Waals surface area contributed by atoms with Crippen molar-refractivity contribution in [3.05, 3.63) is 60.2 Å². The molecule has 0 radical (unpaired) electrons. The topological polar surface area (TPSA) is 128 Å². The van der Waals surface area contributed by atoms with Gasteiger partial charge in [0.25, 0.3) is 15.9 Å². The number of nitrogens with two attached hydrogens (primary N) is 1. The van der Waals surface area contributed by atoms with E-state index in [4.69, 9.17) is 15.5 Å². The summed E-state index contributed by atoms with van der Waals surface area (Å²) in [6.07, 6.45) is 0.899. The number of rotatable bonds is 7. The Hall–Kier alpha value is -3.66. The van der Waals surface area contributed by atoms with Gasteiger partial charge in [0.05, 0.1) is 28.5 Å². The average molecular weight is 552 g/mol. The second kappa shape index (κ2) is 10.5. The van der Waals surface area contributed by atoms with Gasteiger partial charge in [-0.1, -0.05) is 39.8 Å². The summed E-state index contributed by atoms with van der Waals surface area (Å²) in [6.45, 7) is 13.8. The van der Waals surface area contributed by atoms with Crippen molar-refractivity contribution in [3.63, 3.8) is 0 Å². The Bertz CT molecular complexity index is 1480. The third-order valence-electron chi connectivity index (χ3n) is 6.48. The largest absolute Gasteiger partial charge is 0.477 e. The Balaban J connectivity index is 1.73. The molecule has 4 rings (SSSR count). The van der Waals surface area contributed by atoms with Crippen LogP contribution < -0.4 is 20.1 Å². The van der Waals surface area contributed by atoms with Crippen LogP contribution in [0.2, 0.25) is 0 Å². The first-order valence-corrected chi connectivity index (χ1v) is 14.4. The van der Waals surface area contributed by atoms with E-state index in [9.17, 15) is 13.2 Å². The number of ether oxygens (including phenoxy) is 1. The first-order valence-electron chi connectivity index (χ1n) is 13.0. The molecule has 1 aliphatic heterocycles. The molecule has 1 atom stereocenters. The van der Waals surface area contributed by atoms with Crippen molar-refractivity contribution in [1.29, 1.82) is 0 Å². The number of hydrogen-bond donors (Lipinski definition) is 2. The van der Waals surface area contributed by atoms with Gasteiger partial charge in [-0.2, -0.15) is 0 Å². The molecule has 1 saturated heterocycles. The van der Waals surface area contributed by atoms with E-state index in [-0.39, 0.29) is 27.1 Å². The van der Waals surface area contributed by atoms with Crippen LogP contribution in [0, 0.1) is 11.3 Å². The summed E-state index contributed by atoms with van der Waals surface area (Å²) in [7, 11) is -4.15. The summed E-state index contributed by atoms with van der Waals surface area (Å²) < 4.78 is 34.1. The second-order valence-electron chi connectivity index (χ2n) is 12.0. The van der Waals surface area contributed by atoms with Crippen molar-refractivity contribution >= 4 is 27.4 Å². The van der Waals surface area contributed by atoms with E-state index < -0.39 is 15.9 Å². The number of amides is 1. The molecule has 1 aromatic carbocycles. The lowest BCUT2D eigenvalue weighted by Gasteiger charge is -2.34. The summed E-state index contributed by atoms with van der Waals surface area (Å²) in [4.78, 5) is 24.9. The van der Waals surface area contributed by atoms with Crippen LogP contribution >= 0.6 is 0 Å². The molecule has 3 aromatic rings. The molecule has 208 valence electrons. The van der Waals surface area contributed by atoms with Crippen LogP contribution in [-0.2, 0) is 10.0 Å². The highest BCUT2D eigenvalue weighted by atomic mass is 32.2. The van der Waals surface area contributed by atoms with Gasteiger partial charge in [0.2, 0.25) is 5.88 Å². The van der Waals surface area contributed by atoms with Crippen molar-refractivity contribution in [2.45, 2.75) is 58.4 Å². The molecule has 1 unspecified atom stereocenters. The number of carbonyl (C=O) groups excluding carboxylic acids is 1. The number of benzene rings is 1. The lowest BCUT2D eigenvalue weighted by atomic mass is 9.97. The monoisotopic (exact) mass is 551 g/mol. The molecule has 3 heterocycles. The van der Waals surface area contributed by atoms with Crippen molar-refractivity contribution < 1.29 is 17.9 Å². The molecule has 1 amide bonds. The molecule has 0 aliphatic carbocycles. The minimum Gasteiger partial charge on any atom is -0.477 e. The number of nitrogen functional groups attached to an aromatic ring is 1. The molecule has 0 bridgehead atoms. The maximum absolute atomic E-state index is 13.4. The zero-order chi connectivity index (χ0) is 28.6.